The van der Waals surface area contributed by atoms with E-state index in [4.69, 9.17) is 5.11 Å². The lowest BCUT2D eigenvalue weighted by Crippen LogP contribution is -2.19. The molecular formula is C11H10N4O3. The maximum absolute atomic E-state index is 11.4. The molecule has 0 radical (unpaired) electrons. The molecule has 0 aliphatic heterocycles. The number of amides is 1. The zero-order valence-corrected chi connectivity index (χ0v) is 9.49. The maximum Gasteiger partial charge on any atom is 0.356 e. The van der Waals surface area contributed by atoms with Crippen LogP contribution in [0.1, 0.15) is 21.0 Å². The molecule has 0 fully saturated rings. The van der Waals surface area contributed by atoms with E-state index >= 15 is 0 Å². The van der Waals surface area contributed by atoms with Gasteiger partial charge in [-0.05, 0) is 12.1 Å². The highest BCUT2D eigenvalue weighted by Gasteiger charge is 2.09. The minimum atomic E-state index is -1.10. The van der Waals surface area contributed by atoms with Crippen molar-refractivity contribution in [2.75, 3.05) is 7.05 Å². The fourth-order valence-electron chi connectivity index (χ4n) is 1.41. The van der Waals surface area contributed by atoms with E-state index in [9.17, 15) is 9.59 Å². The molecule has 2 rings (SSSR count). The second-order valence-corrected chi connectivity index (χ2v) is 3.45. The van der Waals surface area contributed by atoms with Crippen molar-refractivity contribution in [2.24, 2.45) is 0 Å². The van der Waals surface area contributed by atoms with Crippen LogP contribution >= 0.6 is 0 Å². The molecule has 0 saturated carbocycles. The number of carboxylic acid groups (broad SMARTS) is 1. The minimum Gasteiger partial charge on any atom is -0.476 e. The van der Waals surface area contributed by atoms with Crippen LogP contribution in [0.25, 0.3) is 5.69 Å². The van der Waals surface area contributed by atoms with Crippen molar-refractivity contribution in [3.8, 4) is 5.69 Å². The predicted octanol–water partition coefficient (Wildman–Crippen LogP) is 0.325. The number of aromatic carboxylic acids is 1. The fourth-order valence-corrected chi connectivity index (χ4v) is 1.41. The van der Waals surface area contributed by atoms with Gasteiger partial charge in [-0.3, -0.25) is 9.78 Å². The highest BCUT2D eigenvalue weighted by Crippen LogP contribution is 2.09. The molecule has 2 N–H and O–H groups in total. The Bertz CT molecular complexity index is 606. The summed E-state index contributed by atoms with van der Waals surface area (Å²) < 4.78 is 1.51. The van der Waals surface area contributed by atoms with Gasteiger partial charge in [0, 0.05) is 19.4 Å². The summed E-state index contributed by atoms with van der Waals surface area (Å²) >= 11 is 0. The lowest BCUT2D eigenvalue weighted by molar-refractivity contribution is 0.0690. The summed E-state index contributed by atoms with van der Waals surface area (Å²) in [5, 5.41) is 11.2. The maximum atomic E-state index is 11.4. The number of aromatic nitrogens is 3. The van der Waals surface area contributed by atoms with Gasteiger partial charge in [0.25, 0.3) is 5.91 Å². The quantitative estimate of drug-likeness (QED) is 0.813. The van der Waals surface area contributed by atoms with Crippen molar-refractivity contribution >= 4 is 11.9 Å². The number of hydrogen-bond acceptors (Lipinski definition) is 4. The average molecular weight is 246 g/mol. The van der Waals surface area contributed by atoms with E-state index in [1.807, 2.05) is 0 Å². The Hall–Kier alpha value is -2.70. The summed E-state index contributed by atoms with van der Waals surface area (Å²) in [7, 11) is 1.51. The first kappa shape index (κ1) is 11.8. The van der Waals surface area contributed by atoms with Gasteiger partial charge in [-0.25, -0.2) is 9.78 Å². The van der Waals surface area contributed by atoms with Gasteiger partial charge in [-0.15, -0.1) is 0 Å². The molecule has 2 aromatic heterocycles. The van der Waals surface area contributed by atoms with Crippen molar-refractivity contribution in [3.05, 3.63) is 42.2 Å². The largest absolute Gasteiger partial charge is 0.476 e. The molecule has 7 heteroatoms. The predicted molar refractivity (Wildman–Crippen MR) is 61.7 cm³/mol. The third-order valence-corrected chi connectivity index (χ3v) is 2.30. The van der Waals surface area contributed by atoms with Crippen LogP contribution in [0.2, 0.25) is 0 Å². The monoisotopic (exact) mass is 246 g/mol. The van der Waals surface area contributed by atoms with E-state index in [0.717, 1.165) is 0 Å². The van der Waals surface area contributed by atoms with Gasteiger partial charge in [-0.1, -0.05) is 0 Å². The van der Waals surface area contributed by atoms with E-state index in [-0.39, 0.29) is 17.3 Å². The van der Waals surface area contributed by atoms with Gasteiger partial charge < -0.3 is 15.0 Å². The topological polar surface area (TPSA) is 97.1 Å². The van der Waals surface area contributed by atoms with E-state index in [2.05, 4.69) is 15.3 Å². The number of carbonyl (C=O) groups is 2. The van der Waals surface area contributed by atoms with Crippen molar-refractivity contribution in [3.63, 3.8) is 0 Å². The van der Waals surface area contributed by atoms with Crippen LogP contribution in [-0.4, -0.2) is 38.6 Å². The number of pyridine rings is 1. The lowest BCUT2D eigenvalue weighted by Gasteiger charge is -2.03. The zero-order valence-electron chi connectivity index (χ0n) is 9.49. The summed E-state index contributed by atoms with van der Waals surface area (Å²) in [5.41, 5.74) is 0.803. The van der Waals surface area contributed by atoms with Crippen molar-refractivity contribution in [1.82, 2.24) is 19.9 Å². The number of hydrogen-bond donors (Lipinski definition) is 2. The first-order chi connectivity index (χ1) is 8.61. The van der Waals surface area contributed by atoms with Crippen LogP contribution in [0.4, 0.5) is 0 Å². The number of imidazole rings is 1. The van der Waals surface area contributed by atoms with E-state index in [0.29, 0.717) is 5.69 Å². The van der Waals surface area contributed by atoms with Crippen LogP contribution in [0, 0.1) is 0 Å². The van der Waals surface area contributed by atoms with Crippen LogP contribution in [-0.2, 0) is 0 Å². The van der Waals surface area contributed by atoms with Gasteiger partial charge in [0.15, 0.2) is 5.69 Å². The van der Waals surface area contributed by atoms with Crippen LogP contribution in [0.15, 0.2) is 30.9 Å². The first-order valence-electron chi connectivity index (χ1n) is 5.07. The number of carboxylic acids is 1. The molecule has 0 aliphatic carbocycles. The number of carbonyl (C=O) groups excluding carboxylic acids is 1. The number of nitrogens with zero attached hydrogens (tertiary/aromatic N) is 3. The Morgan fingerprint density at radius 1 is 1.33 bits per heavy atom. The molecule has 0 atom stereocenters. The summed E-state index contributed by atoms with van der Waals surface area (Å²) in [5.74, 6) is -1.41. The van der Waals surface area contributed by atoms with Crippen molar-refractivity contribution in [1.29, 1.82) is 0 Å². The first-order valence-corrected chi connectivity index (χ1v) is 5.07. The molecule has 18 heavy (non-hydrogen) atoms. The smallest absolute Gasteiger partial charge is 0.356 e. The highest BCUT2D eigenvalue weighted by atomic mass is 16.4. The van der Waals surface area contributed by atoms with E-state index < -0.39 is 5.97 Å². The number of nitrogens with one attached hydrogen (secondary N) is 1. The Labute approximate surface area is 102 Å². The molecule has 0 unspecified atom stereocenters. The van der Waals surface area contributed by atoms with Crippen LogP contribution < -0.4 is 5.32 Å². The standard InChI is InChI=1S/C11H10N4O3/c1-12-10(16)8-4-7(2-3-13-8)15-5-9(11(17)18)14-6-15/h2-6H,1H3,(H,12,16)(H,17,18). The summed E-state index contributed by atoms with van der Waals surface area (Å²) in [6.07, 6.45) is 4.21. The van der Waals surface area contributed by atoms with Gasteiger partial charge in [0.2, 0.25) is 0 Å². The molecule has 0 aliphatic rings. The highest BCUT2D eigenvalue weighted by molar-refractivity contribution is 5.92. The second-order valence-electron chi connectivity index (χ2n) is 3.45. The molecular weight excluding hydrogens is 236 g/mol. The van der Waals surface area contributed by atoms with Crippen molar-refractivity contribution in [2.45, 2.75) is 0 Å². The third kappa shape index (κ3) is 2.19. The van der Waals surface area contributed by atoms with Gasteiger partial charge >= 0.3 is 5.97 Å². The lowest BCUT2D eigenvalue weighted by atomic mass is 10.3. The zero-order chi connectivity index (χ0) is 13.1. The third-order valence-electron chi connectivity index (χ3n) is 2.30. The van der Waals surface area contributed by atoms with Crippen LogP contribution in [0.3, 0.4) is 0 Å². The molecule has 2 aromatic rings. The Balaban J connectivity index is 2.38. The average Bonchev–Trinajstić information content (AvgIpc) is 2.88. The molecule has 7 nitrogen and oxygen atoms in total. The summed E-state index contributed by atoms with van der Waals surface area (Å²) in [4.78, 5) is 29.8. The van der Waals surface area contributed by atoms with Crippen molar-refractivity contribution < 1.29 is 14.7 Å². The molecule has 0 saturated heterocycles. The number of rotatable bonds is 3. The van der Waals surface area contributed by atoms with E-state index in [1.165, 1.54) is 30.3 Å². The van der Waals surface area contributed by atoms with Gasteiger partial charge in [0.05, 0.1) is 5.69 Å². The Morgan fingerprint density at radius 2 is 2.11 bits per heavy atom. The van der Waals surface area contributed by atoms with Crippen LogP contribution in [0.5, 0.6) is 0 Å². The fraction of sp³-hybridized carbons (Fsp3) is 0.0909. The SMILES string of the molecule is CNC(=O)c1cc(-n2cnc(C(=O)O)c2)ccn1. The second kappa shape index (κ2) is 4.66. The van der Waals surface area contributed by atoms with E-state index in [1.54, 1.807) is 12.1 Å². The Kier molecular flexibility index (Phi) is 3.05. The van der Waals surface area contributed by atoms with Gasteiger partial charge in [-0.2, -0.15) is 0 Å². The summed E-state index contributed by atoms with van der Waals surface area (Å²) in [6, 6.07) is 3.20. The molecule has 0 aromatic carbocycles. The molecule has 2 heterocycles. The summed E-state index contributed by atoms with van der Waals surface area (Å²) in [6.45, 7) is 0. The normalized spacial score (nSPS) is 10.1. The van der Waals surface area contributed by atoms with Gasteiger partial charge in [0.1, 0.15) is 12.0 Å². The molecule has 1 amide bonds. The minimum absolute atomic E-state index is 0.0618. The Morgan fingerprint density at radius 3 is 2.72 bits per heavy atom. The molecule has 0 bridgehead atoms. The molecule has 0 spiro atoms. The molecule has 92 valence electrons.